The van der Waals surface area contributed by atoms with Gasteiger partial charge in [-0.1, -0.05) is 6.42 Å². The molecule has 4 rings (SSSR count). The smallest absolute Gasteiger partial charge is 0.260 e. The highest BCUT2D eigenvalue weighted by Gasteiger charge is 2.31. The molecule has 4 heterocycles. The molecule has 0 aliphatic carbocycles. The minimum atomic E-state index is -0.144. The van der Waals surface area contributed by atoms with Crippen molar-refractivity contribution in [3.63, 3.8) is 0 Å². The highest BCUT2D eigenvalue weighted by atomic mass is 16.3. The second-order valence-electron chi connectivity index (χ2n) is 6.72. The molecule has 2 aliphatic heterocycles. The summed E-state index contributed by atoms with van der Waals surface area (Å²) in [7, 11) is 0. The van der Waals surface area contributed by atoms with Crippen LogP contribution in [0.1, 0.15) is 53.9 Å². The third-order valence-electron chi connectivity index (χ3n) is 5.28. The van der Waals surface area contributed by atoms with Crippen LogP contribution in [0, 0.1) is 0 Å². The molecule has 23 heavy (non-hydrogen) atoms. The number of nitrogens with zero attached hydrogens (tertiary/aromatic N) is 1. The average Bonchev–Trinajstić information content (AvgIpc) is 3.26. The fourth-order valence-corrected chi connectivity index (χ4v) is 4.00. The van der Waals surface area contributed by atoms with E-state index in [9.17, 15) is 4.79 Å². The molecular weight excluding hydrogens is 290 g/mol. The van der Waals surface area contributed by atoms with Crippen molar-refractivity contribution < 1.29 is 9.21 Å². The first-order chi connectivity index (χ1) is 11.3. The molecule has 2 N–H and O–H groups in total. The monoisotopic (exact) mass is 313 g/mol. The molecule has 2 aromatic heterocycles. The summed E-state index contributed by atoms with van der Waals surface area (Å²) in [5.41, 5.74) is 1.86. The van der Waals surface area contributed by atoms with Crippen molar-refractivity contribution in [3.8, 4) is 0 Å². The fraction of sp³-hybridized carbons (Fsp3) is 0.500. The van der Waals surface area contributed by atoms with E-state index in [2.05, 4.69) is 21.3 Å². The predicted octanol–water partition coefficient (Wildman–Crippen LogP) is 3.59. The molecule has 2 atom stereocenters. The van der Waals surface area contributed by atoms with Crippen molar-refractivity contribution in [1.29, 1.82) is 0 Å². The molecule has 0 radical (unpaired) electrons. The van der Waals surface area contributed by atoms with E-state index in [1.807, 2.05) is 6.20 Å². The maximum Gasteiger partial charge on any atom is 0.260 e. The van der Waals surface area contributed by atoms with Crippen LogP contribution >= 0.6 is 0 Å². The Bertz CT molecular complexity index is 662. The number of fused-ring (bicyclic) bond motifs is 1. The van der Waals surface area contributed by atoms with Crippen molar-refractivity contribution in [1.82, 2.24) is 9.88 Å². The van der Waals surface area contributed by atoms with Crippen LogP contribution in [0.5, 0.6) is 0 Å². The second kappa shape index (κ2) is 6.24. The summed E-state index contributed by atoms with van der Waals surface area (Å²) in [6.45, 7) is 2.48. The van der Waals surface area contributed by atoms with Gasteiger partial charge in [0, 0.05) is 12.2 Å². The number of amides is 1. The lowest BCUT2D eigenvalue weighted by atomic mass is 9.83. The topological polar surface area (TPSA) is 61.3 Å². The molecule has 2 unspecified atom stereocenters. The van der Waals surface area contributed by atoms with E-state index in [1.165, 1.54) is 63.3 Å². The third-order valence-corrected chi connectivity index (χ3v) is 5.28. The van der Waals surface area contributed by atoms with Gasteiger partial charge in [-0.15, -0.1) is 0 Å². The first kappa shape index (κ1) is 14.6. The molecule has 0 spiro atoms. The summed E-state index contributed by atoms with van der Waals surface area (Å²) < 4.78 is 4.95. The van der Waals surface area contributed by atoms with Gasteiger partial charge in [0.15, 0.2) is 0 Å². The Labute approximate surface area is 136 Å². The molecule has 2 aliphatic rings. The number of nitrogens with one attached hydrogen (secondary N) is 2. The first-order valence-electron chi connectivity index (χ1n) is 8.55. The number of aromatic nitrogens is 1. The number of furan rings is 1. The highest BCUT2D eigenvalue weighted by Crippen LogP contribution is 2.36. The van der Waals surface area contributed by atoms with Crippen LogP contribution in [0.25, 0.3) is 0 Å². The van der Waals surface area contributed by atoms with Gasteiger partial charge >= 0.3 is 0 Å². The summed E-state index contributed by atoms with van der Waals surface area (Å²) in [5, 5.41) is 2.90. The molecular formula is C18H23N3O2. The SMILES string of the molecule is O=C(Nc1cc(C2CCN3CCCCC3C2)c[nH]1)c1ccoc1. The van der Waals surface area contributed by atoms with Crippen LogP contribution < -0.4 is 5.32 Å². The lowest BCUT2D eigenvalue weighted by Crippen LogP contribution is -2.44. The van der Waals surface area contributed by atoms with Crippen LogP contribution in [0.15, 0.2) is 35.3 Å². The van der Waals surface area contributed by atoms with Gasteiger partial charge in [-0.2, -0.15) is 0 Å². The number of piperidine rings is 2. The standard InChI is InChI=1S/C18H23N3O2/c22-18(14-5-8-23-12-14)20-17-10-15(11-19-17)13-4-7-21-6-2-1-3-16(21)9-13/h5,8,10-13,16,19H,1-4,6-7,9H2,(H,20,22). The minimum absolute atomic E-state index is 0.144. The number of hydrogen-bond acceptors (Lipinski definition) is 3. The van der Waals surface area contributed by atoms with Gasteiger partial charge in [-0.3, -0.25) is 4.79 Å². The normalized spacial score (nSPS) is 25.0. The number of H-pyrrole nitrogens is 1. The van der Waals surface area contributed by atoms with E-state index in [0.29, 0.717) is 11.5 Å². The molecule has 1 amide bonds. The lowest BCUT2D eigenvalue weighted by molar-refractivity contribution is 0.0974. The van der Waals surface area contributed by atoms with Crippen LogP contribution in [-0.4, -0.2) is 34.9 Å². The Morgan fingerprint density at radius 1 is 1.30 bits per heavy atom. The Hall–Kier alpha value is -2.01. The first-order valence-corrected chi connectivity index (χ1v) is 8.55. The third kappa shape index (κ3) is 3.06. The van der Waals surface area contributed by atoms with Gasteiger partial charge in [0.25, 0.3) is 5.91 Å². The Morgan fingerprint density at radius 3 is 3.13 bits per heavy atom. The van der Waals surface area contributed by atoms with E-state index in [-0.39, 0.29) is 5.91 Å². The zero-order chi connectivity index (χ0) is 15.6. The van der Waals surface area contributed by atoms with Crippen molar-refractivity contribution in [2.75, 3.05) is 18.4 Å². The molecule has 5 heteroatoms. The quantitative estimate of drug-likeness (QED) is 0.910. The Kier molecular flexibility index (Phi) is 3.95. The largest absolute Gasteiger partial charge is 0.472 e. The molecule has 0 bridgehead atoms. The summed E-state index contributed by atoms with van der Waals surface area (Å²) in [4.78, 5) is 17.9. The number of rotatable bonds is 3. The molecule has 2 fully saturated rings. The van der Waals surface area contributed by atoms with Crippen LogP contribution in [0.4, 0.5) is 5.82 Å². The molecule has 0 aromatic carbocycles. The number of anilines is 1. The Morgan fingerprint density at radius 2 is 2.26 bits per heavy atom. The van der Waals surface area contributed by atoms with Gasteiger partial charge in [0.2, 0.25) is 0 Å². The molecule has 5 nitrogen and oxygen atoms in total. The van der Waals surface area contributed by atoms with Crippen molar-refractivity contribution in [2.45, 2.75) is 44.1 Å². The lowest BCUT2D eigenvalue weighted by Gasteiger charge is -2.42. The van der Waals surface area contributed by atoms with E-state index in [1.54, 1.807) is 6.07 Å². The van der Waals surface area contributed by atoms with E-state index in [4.69, 9.17) is 4.42 Å². The average molecular weight is 313 g/mol. The highest BCUT2D eigenvalue weighted by molar-refractivity contribution is 6.03. The number of hydrogen-bond donors (Lipinski definition) is 2. The maximum atomic E-state index is 12.1. The van der Waals surface area contributed by atoms with Crippen LogP contribution in [-0.2, 0) is 0 Å². The molecule has 2 aromatic rings. The van der Waals surface area contributed by atoms with Gasteiger partial charge in [0.1, 0.15) is 12.1 Å². The van der Waals surface area contributed by atoms with Crippen LogP contribution in [0.2, 0.25) is 0 Å². The van der Waals surface area contributed by atoms with Crippen molar-refractivity contribution in [3.05, 3.63) is 42.0 Å². The van der Waals surface area contributed by atoms with Crippen molar-refractivity contribution >= 4 is 11.7 Å². The zero-order valence-electron chi connectivity index (χ0n) is 13.3. The summed E-state index contributed by atoms with van der Waals surface area (Å²) in [6.07, 6.45) is 11.5. The summed E-state index contributed by atoms with van der Waals surface area (Å²) in [5.74, 6) is 1.22. The molecule has 122 valence electrons. The van der Waals surface area contributed by atoms with Crippen molar-refractivity contribution in [2.24, 2.45) is 0 Å². The predicted molar refractivity (Wildman–Crippen MR) is 88.6 cm³/mol. The number of aromatic amines is 1. The van der Waals surface area contributed by atoms with Gasteiger partial charge in [-0.25, -0.2) is 0 Å². The Balaban J connectivity index is 1.41. The van der Waals surface area contributed by atoms with Crippen LogP contribution in [0.3, 0.4) is 0 Å². The number of carbonyl (C=O) groups is 1. The van der Waals surface area contributed by atoms with Gasteiger partial charge in [-0.05, 0) is 62.4 Å². The summed E-state index contributed by atoms with van der Waals surface area (Å²) >= 11 is 0. The van der Waals surface area contributed by atoms with Gasteiger partial charge < -0.3 is 19.6 Å². The second-order valence-corrected chi connectivity index (χ2v) is 6.72. The van der Waals surface area contributed by atoms with E-state index in [0.717, 1.165) is 11.9 Å². The molecule has 0 saturated carbocycles. The summed E-state index contributed by atoms with van der Waals surface area (Å²) in [6, 6.07) is 4.50. The fourth-order valence-electron chi connectivity index (χ4n) is 4.00. The molecule has 2 saturated heterocycles. The van der Waals surface area contributed by atoms with E-state index < -0.39 is 0 Å². The minimum Gasteiger partial charge on any atom is -0.472 e. The number of carbonyl (C=O) groups excluding carboxylic acids is 1. The van der Waals surface area contributed by atoms with E-state index >= 15 is 0 Å². The van der Waals surface area contributed by atoms with Gasteiger partial charge in [0.05, 0.1) is 11.8 Å². The maximum absolute atomic E-state index is 12.1. The zero-order valence-corrected chi connectivity index (χ0v) is 13.3.